The number of amides is 10. The van der Waals surface area contributed by atoms with Crippen LogP contribution in [0.25, 0.3) is 0 Å². The van der Waals surface area contributed by atoms with Crippen LogP contribution in [0.1, 0.15) is 157 Å². The fraction of sp³-hybridized carbons (Fsp3) is 0.789. The lowest BCUT2D eigenvalue weighted by molar-refractivity contribution is -0.155. The molecule has 40 nitrogen and oxygen atoms in total. The molecule has 1 aliphatic rings. The lowest BCUT2D eigenvalue weighted by Gasteiger charge is -2.42. The second-order valence-electron chi connectivity index (χ2n) is 32.8. The Bertz CT molecular complexity index is 3280. The van der Waals surface area contributed by atoms with Gasteiger partial charge >= 0.3 is 5.97 Å². The van der Waals surface area contributed by atoms with Gasteiger partial charge in [-0.15, -0.1) is 0 Å². The van der Waals surface area contributed by atoms with Gasteiger partial charge in [-0.2, -0.15) is 0 Å². The van der Waals surface area contributed by atoms with Gasteiger partial charge in [0.1, 0.15) is 36.4 Å². The molecule has 0 bridgehead atoms. The maximum Gasteiger partial charge on any atom is 0.306 e. The van der Waals surface area contributed by atoms with Crippen LogP contribution in [0, 0.1) is 5.92 Å². The van der Waals surface area contributed by atoms with Crippen LogP contribution >= 0.6 is 0 Å². The molecule has 0 unspecified atom stereocenters. The van der Waals surface area contributed by atoms with E-state index in [-0.39, 0.29) is 145 Å². The molecular formula is C90H159N9O31Si. The number of anilines is 1. The largest absolute Gasteiger partial charge is 0.460 e. The van der Waals surface area contributed by atoms with Crippen molar-refractivity contribution in [1.29, 1.82) is 0 Å². The van der Waals surface area contributed by atoms with Gasteiger partial charge in [0.2, 0.25) is 49.7 Å². The zero-order valence-electron chi connectivity index (χ0n) is 80.5. The van der Waals surface area contributed by atoms with Gasteiger partial charge in [-0.1, -0.05) is 61.5 Å². The maximum atomic E-state index is 14.3. The van der Waals surface area contributed by atoms with Crippen molar-refractivity contribution < 1.29 is 147 Å². The van der Waals surface area contributed by atoms with E-state index in [1.165, 1.54) is 6.92 Å². The number of imide groups is 1. The molecule has 0 saturated heterocycles. The number of ether oxygens (including phenoxy) is 19. The predicted molar refractivity (Wildman–Crippen MR) is 488 cm³/mol. The number of methoxy groups -OCH3 is 2. The molecule has 1 aromatic rings. The maximum absolute atomic E-state index is 14.3. The summed E-state index contributed by atoms with van der Waals surface area (Å²) < 4.78 is 110. The monoisotopic (exact) mass is 1890 g/mol. The quantitative estimate of drug-likeness (QED) is 0.0196. The highest BCUT2D eigenvalue weighted by Crippen LogP contribution is 2.43. The Hall–Kier alpha value is -7.21. The minimum atomic E-state index is -2.42. The van der Waals surface area contributed by atoms with E-state index >= 15 is 0 Å². The van der Waals surface area contributed by atoms with E-state index in [0.29, 0.717) is 210 Å². The minimum absolute atomic E-state index is 0.0164. The molecule has 1 aliphatic heterocycles. The smallest absolute Gasteiger partial charge is 0.306 e. The Kier molecular flexibility index (Phi) is 69.5. The fourth-order valence-corrected chi connectivity index (χ4v) is 18.6. The second kappa shape index (κ2) is 76.0. The van der Waals surface area contributed by atoms with Crippen molar-refractivity contribution in [1.82, 2.24) is 42.1 Å². The highest BCUT2D eigenvalue weighted by Gasteiger charge is 2.45. The summed E-state index contributed by atoms with van der Waals surface area (Å²) in [4.78, 5) is 148. The molecule has 0 fully saturated rings. The Morgan fingerprint density at radius 3 is 1.20 bits per heavy atom. The predicted octanol–water partition coefficient (Wildman–Crippen LogP) is 4.23. The molecule has 0 saturated carbocycles. The van der Waals surface area contributed by atoms with Crippen molar-refractivity contribution in [2.24, 2.45) is 5.92 Å². The van der Waals surface area contributed by atoms with Gasteiger partial charge < -0.3 is 137 Å². The van der Waals surface area contributed by atoms with Gasteiger partial charge in [0.05, 0.1) is 225 Å². The number of unbranched alkanes of at least 4 members (excludes halogenated alkanes) is 1. The Morgan fingerprint density at radius 2 is 0.786 bits per heavy atom. The van der Waals surface area contributed by atoms with Crippen LogP contribution in [-0.2, 0) is 149 Å². The SMILES string of the molecule is COCCOCCOCCOCCOCCOCCOCCOCCNC(=O)c1cc(NC(=O)[C@H](C)NC(=O)[C@@H](NC(=O)[C@H](CCC(=O)OC(C)(C)C)NC(=O)CCCNC(=O)[C@H](CCCCNC(=O)COCCOCCOCCOCCOCCOCCOCCOCCOCCOC)NC(=O)CCCN2C(=O)C=CC2=O)C(C)C)ccc1CO[Si](C(C)C)(C(C)C)C(C)C. The third kappa shape index (κ3) is 59.3. The molecule has 41 heteroatoms. The molecular weight excluding hydrogens is 1730 g/mol. The summed E-state index contributed by atoms with van der Waals surface area (Å²) in [6, 6.07) is 0.0285. The van der Waals surface area contributed by atoms with E-state index in [0.717, 1.165) is 17.1 Å². The molecule has 10 amide bonds. The van der Waals surface area contributed by atoms with Crippen molar-refractivity contribution in [3.05, 3.63) is 41.5 Å². The number of nitrogens with one attached hydrogen (secondary N) is 8. The number of benzene rings is 1. The number of hydrogen-bond donors (Lipinski definition) is 8. The average Bonchev–Trinajstić information content (AvgIpc) is 1.51. The van der Waals surface area contributed by atoms with E-state index < -0.39 is 103 Å². The average molecular weight is 1890 g/mol. The van der Waals surface area contributed by atoms with E-state index in [1.807, 2.05) is 0 Å². The fourth-order valence-electron chi connectivity index (χ4n) is 13.2. The van der Waals surface area contributed by atoms with Crippen LogP contribution in [-0.4, -0.2) is 373 Å². The standard InChI is InChI=1S/C90H159N9O31Si/c1-68(2)84(89(110)94-72(9)85(106)95-74-23-22-73(66-129-131(69(3)4,70(5)6)71(7)8)75(65-74)86(107)93-30-32-113-37-38-116-43-44-119-49-50-122-53-51-120-47-45-117-41-39-114-35-33-111-13)98-88(109)77(24-27-83(105)130-90(10,11)12)97-78(100)20-17-29-92-87(108)76(96-79(101)21-18-31-99-81(103)25-26-82(99)104)19-15-16-28-91-80(102)67-128-64-63-127-62-61-126-60-59-125-58-57-124-56-55-123-54-52-121-48-46-118-42-40-115-36-34-112-14/h22-23,25-26,65,68-72,76-77,84H,15-21,24,27-64,66-67H2,1-14H3,(H,91,102)(H,92,108)(H,93,107)(H,94,110)(H,95,106)(H,96,101)(H,97,100)(H,98,109)/t72-,76-,77-,84-/m0/s1. The second-order valence-corrected chi connectivity index (χ2v) is 38.2. The number of carbonyl (C=O) groups excluding carboxylic acids is 11. The summed E-state index contributed by atoms with van der Waals surface area (Å²) in [7, 11) is 0.821. The summed E-state index contributed by atoms with van der Waals surface area (Å²) in [5.74, 6) is -6.98. The first-order valence-corrected chi connectivity index (χ1v) is 48.2. The first kappa shape index (κ1) is 120. The molecule has 0 radical (unpaired) electrons. The van der Waals surface area contributed by atoms with Gasteiger partial charge in [0, 0.05) is 83.1 Å². The van der Waals surface area contributed by atoms with Crippen LogP contribution in [0.4, 0.5) is 5.69 Å². The van der Waals surface area contributed by atoms with Gasteiger partial charge in [-0.3, -0.25) is 57.6 Å². The molecule has 2 rings (SSSR count). The molecule has 131 heavy (non-hydrogen) atoms. The van der Waals surface area contributed by atoms with Crippen molar-refractivity contribution in [3.63, 3.8) is 0 Å². The summed E-state index contributed by atoms with van der Waals surface area (Å²) in [5, 5.41) is 22.1. The minimum Gasteiger partial charge on any atom is -0.460 e. The summed E-state index contributed by atoms with van der Waals surface area (Å²) in [6.07, 6.45) is 2.47. The summed E-state index contributed by atoms with van der Waals surface area (Å²) >= 11 is 0. The number of hydrogen-bond acceptors (Lipinski definition) is 31. The van der Waals surface area contributed by atoms with Crippen LogP contribution < -0.4 is 42.5 Å². The molecule has 754 valence electrons. The number of esters is 1. The van der Waals surface area contributed by atoms with Crippen LogP contribution in [0.15, 0.2) is 30.4 Å². The third-order valence-corrected chi connectivity index (χ3v) is 25.9. The Labute approximate surface area is 776 Å². The Balaban J connectivity index is 1.95. The van der Waals surface area contributed by atoms with E-state index in [4.69, 9.17) is 94.4 Å². The van der Waals surface area contributed by atoms with Crippen molar-refractivity contribution >= 4 is 79.0 Å². The molecule has 4 atom stereocenters. The highest BCUT2D eigenvalue weighted by atomic mass is 28.4. The molecule has 0 spiro atoms. The van der Waals surface area contributed by atoms with Gasteiger partial charge in [0.15, 0.2) is 0 Å². The molecule has 8 N–H and O–H groups in total. The van der Waals surface area contributed by atoms with Crippen LogP contribution in [0.5, 0.6) is 0 Å². The lowest BCUT2D eigenvalue weighted by atomic mass is 10.0. The van der Waals surface area contributed by atoms with E-state index in [9.17, 15) is 52.7 Å². The summed E-state index contributed by atoms with van der Waals surface area (Å²) in [5.41, 5.74) is 0.981. The zero-order valence-corrected chi connectivity index (χ0v) is 81.5. The molecule has 0 aromatic heterocycles. The van der Waals surface area contributed by atoms with E-state index in [2.05, 4.69) is 84.1 Å². The topological polar surface area (TPSA) is 472 Å². The van der Waals surface area contributed by atoms with Crippen molar-refractivity contribution in [3.8, 4) is 0 Å². The zero-order chi connectivity index (χ0) is 96.6. The Morgan fingerprint density at radius 1 is 0.389 bits per heavy atom. The lowest BCUT2D eigenvalue weighted by Crippen LogP contribution is -2.57. The first-order chi connectivity index (χ1) is 63.0. The molecule has 1 heterocycles. The van der Waals surface area contributed by atoms with Crippen molar-refractivity contribution in [2.75, 3.05) is 270 Å². The van der Waals surface area contributed by atoms with Gasteiger partial charge in [-0.05, 0) is 106 Å². The third-order valence-electron chi connectivity index (χ3n) is 19.8. The summed E-state index contributed by atoms with van der Waals surface area (Å²) in [6.45, 7) is 36.6. The van der Waals surface area contributed by atoms with E-state index in [1.54, 1.807) is 67.0 Å². The number of rotatable bonds is 86. The highest BCUT2D eigenvalue weighted by molar-refractivity contribution is 6.77. The number of nitrogens with zero attached hydrogens (tertiary/aromatic N) is 1. The van der Waals surface area contributed by atoms with Gasteiger partial charge in [0.25, 0.3) is 17.7 Å². The van der Waals surface area contributed by atoms with Gasteiger partial charge in [-0.25, -0.2) is 0 Å². The normalized spacial score (nSPS) is 13.3. The van der Waals surface area contributed by atoms with Crippen molar-refractivity contribution in [2.45, 2.75) is 194 Å². The van der Waals surface area contributed by atoms with Crippen LogP contribution in [0.2, 0.25) is 16.6 Å². The van der Waals surface area contributed by atoms with Crippen LogP contribution in [0.3, 0.4) is 0 Å². The molecule has 1 aromatic carbocycles. The number of carbonyl (C=O) groups is 11. The first-order valence-electron chi connectivity index (χ1n) is 46.0. The molecule has 0 aliphatic carbocycles.